The first-order valence-corrected chi connectivity index (χ1v) is 3.97. The van der Waals surface area contributed by atoms with Gasteiger partial charge in [0.1, 0.15) is 0 Å². The number of hydrogen-bond acceptors (Lipinski definition) is 4. The lowest BCUT2D eigenvalue weighted by Crippen LogP contribution is -2.17. The van der Waals surface area contributed by atoms with E-state index >= 15 is 0 Å². The molecule has 1 rings (SSSR count). The van der Waals surface area contributed by atoms with Crippen LogP contribution < -0.4 is 5.73 Å². The predicted molar refractivity (Wildman–Crippen MR) is 46.9 cm³/mol. The number of ether oxygens (including phenoxy) is 1. The molecule has 5 nitrogen and oxygen atoms in total. The van der Waals surface area contributed by atoms with E-state index in [1.54, 1.807) is 6.33 Å². The molecule has 72 valence electrons. The van der Waals surface area contributed by atoms with E-state index in [1.807, 2.05) is 6.92 Å². The Hall–Kier alpha value is -1.36. The van der Waals surface area contributed by atoms with Crippen molar-refractivity contribution in [3.05, 3.63) is 17.7 Å². The highest BCUT2D eigenvalue weighted by Crippen LogP contribution is 2.14. The SMILES string of the molecule is COC(=O)C[C@@H](N)c1nc[nH]c1C. The van der Waals surface area contributed by atoms with Gasteiger partial charge in [0, 0.05) is 5.69 Å². The van der Waals surface area contributed by atoms with E-state index in [-0.39, 0.29) is 12.4 Å². The highest BCUT2D eigenvalue weighted by Gasteiger charge is 2.15. The lowest BCUT2D eigenvalue weighted by atomic mass is 10.1. The summed E-state index contributed by atoms with van der Waals surface area (Å²) in [6.45, 7) is 1.86. The van der Waals surface area contributed by atoms with Crippen LogP contribution in [0.5, 0.6) is 0 Å². The van der Waals surface area contributed by atoms with Crippen LogP contribution in [0.2, 0.25) is 0 Å². The number of aromatic amines is 1. The molecule has 1 atom stereocenters. The van der Waals surface area contributed by atoms with Crippen LogP contribution >= 0.6 is 0 Å². The summed E-state index contributed by atoms with van der Waals surface area (Å²) in [5.41, 5.74) is 7.33. The molecular weight excluding hydrogens is 170 g/mol. The van der Waals surface area contributed by atoms with E-state index in [1.165, 1.54) is 7.11 Å². The molecular formula is C8H13N3O2. The Bertz CT molecular complexity index is 295. The van der Waals surface area contributed by atoms with Gasteiger partial charge in [-0.25, -0.2) is 4.98 Å². The molecule has 5 heteroatoms. The fourth-order valence-corrected chi connectivity index (χ4v) is 1.10. The minimum absolute atomic E-state index is 0.155. The molecule has 0 fully saturated rings. The minimum Gasteiger partial charge on any atom is -0.469 e. The molecule has 0 aliphatic heterocycles. The zero-order valence-corrected chi connectivity index (χ0v) is 7.70. The first kappa shape index (κ1) is 9.73. The Balaban J connectivity index is 2.63. The molecule has 3 N–H and O–H groups in total. The van der Waals surface area contributed by atoms with Gasteiger partial charge in [-0.1, -0.05) is 0 Å². The van der Waals surface area contributed by atoms with Crippen LogP contribution in [0.25, 0.3) is 0 Å². The number of esters is 1. The third kappa shape index (κ3) is 2.29. The first-order valence-electron chi connectivity index (χ1n) is 3.97. The van der Waals surface area contributed by atoms with Gasteiger partial charge in [0.2, 0.25) is 0 Å². The monoisotopic (exact) mass is 183 g/mol. The van der Waals surface area contributed by atoms with E-state index in [9.17, 15) is 4.79 Å². The van der Waals surface area contributed by atoms with Gasteiger partial charge in [0.15, 0.2) is 0 Å². The summed E-state index contributed by atoms with van der Waals surface area (Å²) in [7, 11) is 1.34. The van der Waals surface area contributed by atoms with Crippen molar-refractivity contribution in [1.82, 2.24) is 9.97 Å². The van der Waals surface area contributed by atoms with E-state index in [2.05, 4.69) is 14.7 Å². The van der Waals surface area contributed by atoms with Gasteiger partial charge >= 0.3 is 5.97 Å². The number of carbonyl (C=O) groups excluding carboxylic acids is 1. The molecule has 0 aliphatic rings. The number of aryl methyl sites for hydroxylation is 1. The third-order valence-electron chi connectivity index (χ3n) is 1.83. The van der Waals surface area contributed by atoms with Crippen LogP contribution in [0.4, 0.5) is 0 Å². The normalized spacial score (nSPS) is 12.5. The number of nitrogens with zero attached hydrogens (tertiary/aromatic N) is 1. The summed E-state index contributed by atoms with van der Waals surface area (Å²) in [6, 6.07) is -0.390. The van der Waals surface area contributed by atoms with Gasteiger partial charge in [-0.2, -0.15) is 0 Å². The zero-order valence-electron chi connectivity index (χ0n) is 7.70. The molecule has 0 bridgehead atoms. The van der Waals surface area contributed by atoms with Crippen LogP contribution in [0.1, 0.15) is 23.9 Å². The number of H-pyrrole nitrogens is 1. The fourth-order valence-electron chi connectivity index (χ4n) is 1.10. The highest BCUT2D eigenvalue weighted by molar-refractivity contribution is 5.70. The number of aromatic nitrogens is 2. The summed E-state index contributed by atoms with van der Waals surface area (Å²) in [6.07, 6.45) is 1.71. The van der Waals surface area contributed by atoms with Crippen LogP contribution in [0.15, 0.2) is 6.33 Å². The van der Waals surface area contributed by atoms with Gasteiger partial charge in [0.25, 0.3) is 0 Å². The maximum atomic E-state index is 10.9. The number of hydrogen-bond donors (Lipinski definition) is 2. The van der Waals surface area contributed by atoms with Gasteiger partial charge in [0.05, 0.1) is 31.6 Å². The molecule has 1 heterocycles. The molecule has 0 aliphatic carbocycles. The predicted octanol–water partition coefficient (Wildman–Crippen LogP) is 0.281. The third-order valence-corrected chi connectivity index (χ3v) is 1.83. The van der Waals surface area contributed by atoms with Gasteiger partial charge in [-0.3, -0.25) is 4.79 Å². The molecule has 13 heavy (non-hydrogen) atoms. The van der Waals surface area contributed by atoms with Gasteiger partial charge in [-0.15, -0.1) is 0 Å². The molecule has 0 aromatic carbocycles. The molecule has 1 aromatic heterocycles. The van der Waals surface area contributed by atoms with Crippen molar-refractivity contribution in [3.8, 4) is 0 Å². The largest absolute Gasteiger partial charge is 0.469 e. The average Bonchev–Trinajstić information content (AvgIpc) is 2.51. The fraction of sp³-hybridized carbons (Fsp3) is 0.500. The Morgan fingerprint density at radius 3 is 3.00 bits per heavy atom. The molecule has 0 saturated heterocycles. The topological polar surface area (TPSA) is 81.0 Å². The van der Waals surface area contributed by atoms with Gasteiger partial charge in [-0.05, 0) is 6.92 Å². The van der Waals surface area contributed by atoms with Crippen molar-refractivity contribution in [3.63, 3.8) is 0 Å². The zero-order chi connectivity index (χ0) is 9.84. The summed E-state index contributed by atoms with van der Waals surface area (Å²) in [4.78, 5) is 17.8. The summed E-state index contributed by atoms with van der Waals surface area (Å²) < 4.78 is 4.50. The number of rotatable bonds is 3. The summed E-state index contributed by atoms with van der Waals surface area (Å²) >= 11 is 0. The standard InChI is InChI=1S/C8H13N3O2/c1-5-8(11-4-10-5)6(9)3-7(12)13-2/h4,6H,3,9H2,1-2H3,(H,10,11)/t6-/m1/s1. The average molecular weight is 183 g/mol. The van der Waals surface area contributed by atoms with Crippen LogP contribution in [-0.4, -0.2) is 23.0 Å². The molecule has 0 amide bonds. The Morgan fingerprint density at radius 1 is 1.85 bits per heavy atom. The lowest BCUT2D eigenvalue weighted by molar-refractivity contribution is -0.141. The molecule has 0 unspecified atom stereocenters. The van der Waals surface area contributed by atoms with E-state index < -0.39 is 6.04 Å². The maximum Gasteiger partial charge on any atom is 0.307 e. The number of nitrogens with two attached hydrogens (primary N) is 1. The van der Waals surface area contributed by atoms with Crippen LogP contribution in [0.3, 0.4) is 0 Å². The highest BCUT2D eigenvalue weighted by atomic mass is 16.5. The maximum absolute atomic E-state index is 10.9. The molecule has 0 radical (unpaired) electrons. The Kier molecular flexibility index (Phi) is 3.02. The molecule has 0 spiro atoms. The van der Waals surface area contributed by atoms with Crippen molar-refractivity contribution in [1.29, 1.82) is 0 Å². The van der Waals surface area contributed by atoms with E-state index in [0.717, 1.165) is 5.69 Å². The van der Waals surface area contributed by atoms with Crippen molar-refractivity contribution in [2.45, 2.75) is 19.4 Å². The van der Waals surface area contributed by atoms with Gasteiger partial charge < -0.3 is 15.5 Å². The first-order chi connectivity index (χ1) is 6.15. The molecule has 1 aromatic rings. The van der Waals surface area contributed by atoms with Crippen molar-refractivity contribution >= 4 is 5.97 Å². The summed E-state index contributed by atoms with van der Waals surface area (Å²) in [5, 5.41) is 0. The van der Waals surface area contributed by atoms with E-state index in [4.69, 9.17) is 5.73 Å². The number of nitrogens with one attached hydrogen (secondary N) is 1. The second-order valence-electron chi connectivity index (χ2n) is 2.80. The smallest absolute Gasteiger partial charge is 0.307 e. The van der Waals surface area contributed by atoms with Crippen LogP contribution in [0, 0.1) is 6.92 Å². The van der Waals surface area contributed by atoms with E-state index in [0.29, 0.717) is 5.69 Å². The van der Waals surface area contributed by atoms with Crippen LogP contribution in [-0.2, 0) is 9.53 Å². The summed E-state index contributed by atoms with van der Waals surface area (Å²) in [5.74, 6) is -0.324. The number of imidazole rings is 1. The lowest BCUT2D eigenvalue weighted by Gasteiger charge is -2.07. The number of methoxy groups -OCH3 is 1. The van der Waals surface area contributed by atoms with Crippen molar-refractivity contribution in [2.75, 3.05) is 7.11 Å². The minimum atomic E-state index is -0.390. The van der Waals surface area contributed by atoms with Crippen molar-refractivity contribution < 1.29 is 9.53 Å². The molecule has 0 saturated carbocycles. The van der Waals surface area contributed by atoms with Crippen molar-refractivity contribution in [2.24, 2.45) is 5.73 Å². The Labute approximate surface area is 76.3 Å². The second kappa shape index (κ2) is 4.04. The quantitative estimate of drug-likeness (QED) is 0.659. The Morgan fingerprint density at radius 2 is 2.54 bits per heavy atom. The second-order valence-corrected chi connectivity index (χ2v) is 2.80. The number of carbonyl (C=O) groups is 1.